The Bertz CT molecular complexity index is 719. The number of fused-ring (bicyclic) bond motifs is 1. The topological polar surface area (TPSA) is 93.1 Å². The minimum Gasteiger partial charge on any atom is -0.598 e. The van der Waals surface area contributed by atoms with Gasteiger partial charge in [-0.2, -0.15) is 0 Å². The maximum Gasteiger partial charge on any atom is 0.167 e. The van der Waals surface area contributed by atoms with Crippen LogP contribution in [0.5, 0.6) is 5.75 Å². The Balaban J connectivity index is 2.39. The van der Waals surface area contributed by atoms with Crippen LogP contribution in [0.2, 0.25) is 0 Å². The molecule has 1 aromatic carbocycles. The Morgan fingerprint density at radius 1 is 1.52 bits per heavy atom. The lowest BCUT2D eigenvalue weighted by Gasteiger charge is -2.28. The fraction of sp³-hybridized carbons (Fsp3) is 0.625. The highest BCUT2D eigenvalue weighted by atomic mass is 32.2. The number of azide groups is 1. The van der Waals surface area contributed by atoms with Crippen molar-refractivity contribution in [2.75, 3.05) is 6.54 Å². The SMILES string of the molecule is C[C@@H](N[S@+]([O-])C(C)(C)C)c1c(F)c(F)cc2c1OC(C)(CN=[N+]=[N-])C2. The first-order valence-electron chi connectivity index (χ1n) is 7.87. The van der Waals surface area contributed by atoms with Crippen molar-refractivity contribution in [2.24, 2.45) is 5.11 Å². The standard InChI is InChI=1S/C16H22F2N4O2S/c1-9(21-25(23)15(2,3)4)12-13(18)11(17)6-10-7-16(5,8-20-22-19)24-14(10)12/h6,9,21H,7-8H2,1-5H3/t9-,16?,25-/m1/s1. The molecule has 0 aliphatic carbocycles. The molecule has 1 aliphatic rings. The first kappa shape index (κ1) is 19.8. The summed E-state index contributed by atoms with van der Waals surface area (Å²) in [6.45, 7) is 8.70. The van der Waals surface area contributed by atoms with Crippen LogP contribution in [0.3, 0.4) is 0 Å². The van der Waals surface area contributed by atoms with Gasteiger partial charge in [0.25, 0.3) is 0 Å². The average Bonchev–Trinajstić information content (AvgIpc) is 2.81. The summed E-state index contributed by atoms with van der Waals surface area (Å²) >= 11 is -1.46. The number of ether oxygens (including phenoxy) is 1. The van der Waals surface area contributed by atoms with Crippen molar-refractivity contribution in [3.8, 4) is 5.75 Å². The Morgan fingerprint density at radius 2 is 2.16 bits per heavy atom. The normalized spacial score (nSPS) is 21.9. The molecular weight excluding hydrogens is 350 g/mol. The van der Waals surface area contributed by atoms with Crippen LogP contribution in [-0.2, 0) is 17.8 Å². The number of hydrogen-bond donors (Lipinski definition) is 1. The van der Waals surface area contributed by atoms with Crippen LogP contribution in [0.4, 0.5) is 8.78 Å². The summed E-state index contributed by atoms with van der Waals surface area (Å²) in [4.78, 5) is 2.71. The van der Waals surface area contributed by atoms with E-state index in [-0.39, 0.29) is 17.9 Å². The van der Waals surface area contributed by atoms with Gasteiger partial charge in [-0.15, -0.1) is 4.72 Å². The third-order valence-electron chi connectivity index (χ3n) is 3.94. The molecule has 1 aliphatic heterocycles. The number of rotatable bonds is 5. The molecule has 0 saturated heterocycles. The smallest absolute Gasteiger partial charge is 0.167 e. The van der Waals surface area contributed by atoms with Gasteiger partial charge in [-0.25, -0.2) is 8.78 Å². The van der Waals surface area contributed by atoms with Gasteiger partial charge in [-0.3, -0.25) is 0 Å². The van der Waals surface area contributed by atoms with Crippen molar-refractivity contribution in [1.29, 1.82) is 0 Å². The molecule has 1 aromatic rings. The summed E-state index contributed by atoms with van der Waals surface area (Å²) in [7, 11) is 0. The molecule has 0 bridgehead atoms. The predicted molar refractivity (Wildman–Crippen MR) is 92.6 cm³/mol. The van der Waals surface area contributed by atoms with Gasteiger partial charge in [-0.05, 0) is 46.2 Å². The molecule has 1 heterocycles. The van der Waals surface area contributed by atoms with Gasteiger partial charge in [0.05, 0.1) is 18.2 Å². The number of benzene rings is 1. The van der Waals surface area contributed by atoms with E-state index < -0.39 is 39.4 Å². The lowest BCUT2D eigenvalue weighted by molar-refractivity contribution is 0.123. The molecule has 2 rings (SSSR count). The van der Waals surface area contributed by atoms with E-state index >= 15 is 0 Å². The molecule has 25 heavy (non-hydrogen) atoms. The number of halogens is 2. The van der Waals surface area contributed by atoms with Crippen LogP contribution in [-0.4, -0.2) is 21.4 Å². The van der Waals surface area contributed by atoms with Crippen molar-refractivity contribution in [2.45, 2.75) is 57.4 Å². The highest BCUT2D eigenvalue weighted by Crippen LogP contribution is 2.43. The maximum absolute atomic E-state index is 14.5. The quantitative estimate of drug-likeness (QED) is 0.365. The van der Waals surface area contributed by atoms with Gasteiger partial charge in [0.1, 0.15) is 16.1 Å². The van der Waals surface area contributed by atoms with Crippen molar-refractivity contribution in [1.82, 2.24) is 4.72 Å². The molecule has 1 N–H and O–H groups in total. The average molecular weight is 372 g/mol. The van der Waals surface area contributed by atoms with E-state index in [1.165, 1.54) is 0 Å². The van der Waals surface area contributed by atoms with Gasteiger partial charge < -0.3 is 9.29 Å². The van der Waals surface area contributed by atoms with E-state index in [0.29, 0.717) is 12.0 Å². The van der Waals surface area contributed by atoms with E-state index in [1.54, 1.807) is 34.6 Å². The Kier molecular flexibility index (Phi) is 5.53. The maximum atomic E-state index is 14.5. The highest BCUT2D eigenvalue weighted by molar-refractivity contribution is 7.90. The monoisotopic (exact) mass is 372 g/mol. The molecule has 0 spiro atoms. The summed E-state index contributed by atoms with van der Waals surface area (Å²) in [6, 6.07) is 0.370. The Morgan fingerprint density at radius 3 is 2.72 bits per heavy atom. The van der Waals surface area contributed by atoms with Gasteiger partial charge in [0, 0.05) is 28.3 Å². The second kappa shape index (κ2) is 6.99. The minimum atomic E-state index is -1.46. The van der Waals surface area contributed by atoms with Crippen LogP contribution in [0.15, 0.2) is 11.2 Å². The fourth-order valence-corrected chi connectivity index (χ4v) is 3.47. The van der Waals surface area contributed by atoms with E-state index in [2.05, 4.69) is 14.7 Å². The summed E-state index contributed by atoms with van der Waals surface area (Å²) < 4.78 is 48.9. The van der Waals surface area contributed by atoms with Crippen LogP contribution in [0.1, 0.15) is 51.8 Å². The number of nitrogens with one attached hydrogen (secondary N) is 1. The fourth-order valence-electron chi connectivity index (χ4n) is 2.67. The van der Waals surface area contributed by atoms with Crippen molar-refractivity contribution >= 4 is 11.4 Å². The van der Waals surface area contributed by atoms with Gasteiger partial charge in [-0.1, -0.05) is 5.11 Å². The largest absolute Gasteiger partial charge is 0.598 e. The zero-order valence-corrected chi connectivity index (χ0v) is 15.7. The first-order chi connectivity index (χ1) is 11.5. The summed E-state index contributed by atoms with van der Waals surface area (Å²) in [5, 5.41) is 3.51. The first-order valence-corrected chi connectivity index (χ1v) is 9.02. The second-order valence-electron chi connectivity index (χ2n) is 7.41. The summed E-state index contributed by atoms with van der Waals surface area (Å²) in [5.74, 6) is -1.79. The van der Waals surface area contributed by atoms with Crippen LogP contribution in [0, 0.1) is 11.6 Å². The van der Waals surface area contributed by atoms with Crippen molar-refractivity contribution < 1.29 is 18.1 Å². The van der Waals surface area contributed by atoms with Gasteiger partial charge in [0.2, 0.25) is 0 Å². The lowest BCUT2D eigenvalue weighted by Crippen LogP contribution is -2.41. The van der Waals surface area contributed by atoms with Gasteiger partial charge in [0.15, 0.2) is 11.6 Å². The molecule has 138 valence electrons. The van der Waals surface area contributed by atoms with E-state index in [1.807, 2.05) is 0 Å². The molecule has 6 nitrogen and oxygen atoms in total. The van der Waals surface area contributed by atoms with Gasteiger partial charge >= 0.3 is 0 Å². The van der Waals surface area contributed by atoms with Crippen LogP contribution >= 0.6 is 0 Å². The molecule has 0 fully saturated rings. The molecule has 0 amide bonds. The molecule has 0 radical (unpaired) electrons. The van der Waals surface area contributed by atoms with E-state index in [0.717, 1.165) is 6.07 Å². The number of nitrogens with zero attached hydrogens (tertiary/aromatic N) is 3. The lowest BCUT2D eigenvalue weighted by atomic mass is 9.97. The molecule has 9 heteroatoms. The molecule has 3 atom stereocenters. The van der Waals surface area contributed by atoms with Crippen molar-refractivity contribution in [3.05, 3.63) is 39.3 Å². The molecule has 0 saturated carbocycles. The Labute approximate surface area is 148 Å². The third kappa shape index (κ3) is 4.17. The second-order valence-corrected chi connectivity index (χ2v) is 9.41. The molecule has 0 aromatic heterocycles. The predicted octanol–water partition coefficient (Wildman–Crippen LogP) is 4.08. The van der Waals surface area contributed by atoms with Crippen molar-refractivity contribution in [3.63, 3.8) is 0 Å². The summed E-state index contributed by atoms with van der Waals surface area (Å²) in [6.07, 6.45) is 0.292. The van der Waals surface area contributed by atoms with Crippen LogP contribution < -0.4 is 9.46 Å². The summed E-state index contributed by atoms with van der Waals surface area (Å²) in [5.41, 5.74) is 8.13. The minimum absolute atomic E-state index is 0.00253. The third-order valence-corrected chi connectivity index (χ3v) is 5.62. The Hall–Kier alpha value is -1.54. The number of hydrogen-bond acceptors (Lipinski definition) is 4. The zero-order chi connectivity index (χ0) is 19.0. The zero-order valence-electron chi connectivity index (χ0n) is 14.9. The van der Waals surface area contributed by atoms with Crippen LogP contribution in [0.25, 0.3) is 10.4 Å². The highest BCUT2D eigenvalue weighted by Gasteiger charge is 2.40. The molecular formula is C16H22F2N4O2S. The molecule has 1 unspecified atom stereocenters. The van der Waals surface area contributed by atoms with E-state index in [4.69, 9.17) is 10.3 Å². The van der Waals surface area contributed by atoms with E-state index in [9.17, 15) is 13.3 Å².